The molecule has 0 fully saturated rings. The number of hydrogen-bond acceptors (Lipinski definition) is 5. The van der Waals surface area contributed by atoms with Gasteiger partial charge in [-0.2, -0.15) is 0 Å². The van der Waals surface area contributed by atoms with Crippen LogP contribution in [0.3, 0.4) is 0 Å². The molecule has 112 valence electrons. The van der Waals surface area contributed by atoms with Crippen molar-refractivity contribution in [3.8, 4) is 5.75 Å². The van der Waals surface area contributed by atoms with Crippen LogP contribution in [0.5, 0.6) is 5.75 Å². The molecule has 1 aromatic carbocycles. The quantitative estimate of drug-likeness (QED) is 0.763. The van der Waals surface area contributed by atoms with Crippen molar-refractivity contribution in [1.82, 2.24) is 20.3 Å². The van der Waals surface area contributed by atoms with Gasteiger partial charge in [0.1, 0.15) is 18.1 Å². The second kappa shape index (κ2) is 7.75. The fourth-order valence-electron chi connectivity index (χ4n) is 1.60. The number of amides is 1. The first-order valence-electron chi connectivity index (χ1n) is 6.41. The minimum Gasteiger partial charge on any atom is -0.492 e. The summed E-state index contributed by atoms with van der Waals surface area (Å²) in [6.45, 7) is 1.34. The van der Waals surface area contributed by atoms with E-state index in [4.69, 9.17) is 10.5 Å². The number of hydrogen-bond donors (Lipinski definition) is 2. The van der Waals surface area contributed by atoms with Gasteiger partial charge in [0, 0.05) is 4.47 Å². The minimum atomic E-state index is -0.220. The molecule has 1 amide bonds. The van der Waals surface area contributed by atoms with Crippen molar-refractivity contribution in [3.05, 3.63) is 40.6 Å². The molecule has 7 nitrogen and oxygen atoms in total. The Hall–Kier alpha value is -1.93. The molecule has 0 aliphatic heterocycles. The molecule has 1 aromatic heterocycles. The summed E-state index contributed by atoms with van der Waals surface area (Å²) in [5.41, 5.74) is 5.88. The highest BCUT2D eigenvalue weighted by atomic mass is 79.9. The Kier molecular flexibility index (Phi) is 5.70. The van der Waals surface area contributed by atoms with Gasteiger partial charge in [0.2, 0.25) is 5.91 Å². The van der Waals surface area contributed by atoms with Gasteiger partial charge in [-0.1, -0.05) is 27.2 Å². The predicted molar refractivity (Wildman–Crippen MR) is 80.6 cm³/mol. The van der Waals surface area contributed by atoms with E-state index < -0.39 is 0 Å². The van der Waals surface area contributed by atoms with E-state index in [1.165, 1.54) is 0 Å². The van der Waals surface area contributed by atoms with Gasteiger partial charge in [-0.3, -0.25) is 4.79 Å². The molecule has 0 bridgehead atoms. The van der Waals surface area contributed by atoms with Crippen LogP contribution in [0.15, 0.2) is 34.9 Å². The Morgan fingerprint density at radius 2 is 2.33 bits per heavy atom. The van der Waals surface area contributed by atoms with Crippen molar-refractivity contribution >= 4 is 21.8 Å². The summed E-state index contributed by atoms with van der Waals surface area (Å²) < 4.78 is 8.25. The number of nitrogens with one attached hydrogen (secondary N) is 1. The summed E-state index contributed by atoms with van der Waals surface area (Å²) in [7, 11) is 0. The van der Waals surface area contributed by atoms with Crippen molar-refractivity contribution < 1.29 is 9.53 Å². The van der Waals surface area contributed by atoms with E-state index in [2.05, 4.69) is 31.6 Å². The highest BCUT2D eigenvalue weighted by Crippen LogP contribution is 2.17. The van der Waals surface area contributed by atoms with Gasteiger partial charge in [0.25, 0.3) is 0 Å². The van der Waals surface area contributed by atoms with Crippen LogP contribution < -0.4 is 15.8 Å². The number of halogens is 1. The lowest BCUT2D eigenvalue weighted by atomic mass is 10.3. The molecule has 0 saturated heterocycles. The smallest absolute Gasteiger partial charge is 0.234 e. The van der Waals surface area contributed by atoms with Crippen LogP contribution in [0, 0.1) is 0 Å². The highest BCUT2D eigenvalue weighted by Gasteiger charge is 2.03. The summed E-state index contributed by atoms with van der Waals surface area (Å²) in [5, 5.41) is 10.6. The summed E-state index contributed by atoms with van der Waals surface area (Å²) in [4.78, 5) is 11.0. The van der Waals surface area contributed by atoms with Crippen LogP contribution in [0.1, 0.15) is 5.69 Å². The lowest BCUT2D eigenvalue weighted by Crippen LogP contribution is -2.29. The molecule has 0 spiro atoms. The molecule has 0 radical (unpaired) electrons. The highest BCUT2D eigenvalue weighted by molar-refractivity contribution is 9.10. The van der Waals surface area contributed by atoms with E-state index in [0.717, 1.165) is 10.2 Å². The monoisotopic (exact) mass is 353 g/mol. The third-order valence-electron chi connectivity index (χ3n) is 2.62. The number of rotatable bonds is 7. The Bertz CT molecular complexity index is 602. The Morgan fingerprint density at radius 3 is 3.10 bits per heavy atom. The van der Waals surface area contributed by atoms with Crippen molar-refractivity contribution in [2.24, 2.45) is 5.73 Å². The molecule has 3 N–H and O–H groups in total. The summed E-state index contributed by atoms with van der Waals surface area (Å²) in [6.07, 6.45) is 1.76. The van der Waals surface area contributed by atoms with Crippen LogP contribution in [0.25, 0.3) is 0 Å². The van der Waals surface area contributed by atoms with Gasteiger partial charge >= 0.3 is 0 Å². The third kappa shape index (κ3) is 5.16. The molecule has 0 aliphatic rings. The van der Waals surface area contributed by atoms with Crippen LogP contribution in [-0.2, 0) is 17.9 Å². The number of nitrogens with two attached hydrogens (primary N) is 1. The van der Waals surface area contributed by atoms with Gasteiger partial charge in [0.15, 0.2) is 0 Å². The minimum absolute atomic E-state index is 0.0331. The lowest BCUT2D eigenvalue weighted by Gasteiger charge is -2.05. The van der Waals surface area contributed by atoms with Gasteiger partial charge in [-0.15, -0.1) is 5.10 Å². The van der Waals surface area contributed by atoms with Gasteiger partial charge in [-0.25, -0.2) is 4.68 Å². The number of aromatic nitrogens is 3. The molecule has 0 unspecified atom stereocenters. The molecule has 0 aliphatic carbocycles. The summed E-state index contributed by atoms with van der Waals surface area (Å²) in [5.74, 6) is 0.572. The number of nitrogens with zero attached hydrogens (tertiary/aromatic N) is 3. The van der Waals surface area contributed by atoms with Crippen molar-refractivity contribution in [2.75, 3.05) is 13.2 Å². The molecule has 0 atom stereocenters. The standard InChI is InChI=1S/C13H16BrN5O2/c14-10-2-1-3-12(6-10)21-5-4-19-9-11(17-18-19)8-16-13(20)7-15/h1-3,6,9H,4-5,7-8,15H2,(H,16,20). The van der Waals surface area contributed by atoms with Crippen LogP contribution in [-0.4, -0.2) is 34.1 Å². The Balaban J connectivity index is 1.76. The summed E-state index contributed by atoms with van der Waals surface area (Å²) in [6, 6.07) is 7.63. The van der Waals surface area contributed by atoms with E-state index in [-0.39, 0.29) is 12.5 Å². The van der Waals surface area contributed by atoms with Gasteiger partial charge in [0.05, 0.1) is 25.8 Å². The molecule has 2 aromatic rings. The Morgan fingerprint density at radius 1 is 1.48 bits per heavy atom. The van der Waals surface area contributed by atoms with E-state index >= 15 is 0 Å². The number of carbonyl (C=O) groups excluding carboxylic acids is 1. The van der Waals surface area contributed by atoms with E-state index in [9.17, 15) is 4.79 Å². The fraction of sp³-hybridized carbons (Fsp3) is 0.308. The van der Waals surface area contributed by atoms with Crippen LogP contribution in [0.4, 0.5) is 0 Å². The topological polar surface area (TPSA) is 95.1 Å². The predicted octanol–water partition coefficient (Wildman–Crippen LogP) is 0.695. The normalized spacial score (nSPS) is 10.4. The van der Waals surface area contributed by atoms with Crippen molar-refractivity contribution in [1.29, 1.82) is 0 Å². The Labute approximate surface area is 130 Å². The number of ether oxygens (including phenoxy) is 1. The average Bonchev–Trinajstić information content (AvgIpc) is 2.93. The molecular weight excluding hydrogens is 338 g/mol. The zero-order valence-corrected chi connectivity index (χ0v) is 12.9. The number of carbonyl (C=O) groups is 1. The maximum Gasteiger partial charge on any atom is 0.234 e. The zero-order valence-electron chi connectivity index (χ0n) is 11.3. The summed E-state index contributed by atoms with van der Waals surface area (Å²) >= 11 is 3.39. The fourth-order valence-corrected chi connectivity index (χ4v) is 1.98. The number of benzene rings is 1. The van der Waals surface area contributed by atoms with Crippen molar-refractivity contribution in [3.63, 3.8) is 0 Å². The maximum absolute atomic E-state index is 11.0. The molecule has 2 rings (SSSR count). The molecule has 1 heterocycles. The van der Waals surface area contributed by atoms with Gasteiger partial charge < -0.3 is 15.8 Å². The molecule has 21 heavy (non-hydrogen) atoms. The van der Waals surface area contributed by atoms with E-state index in [1.54, 1.807) is 10.9 Å². The zero-order chi connectivity index (χ0) is 15.1. The second-order valence-corrected chi connectivity index (χ2v) is 5.18. The maximum atomic E-state index is 11.0. The average molecular weight is 354 g/mol. The first-order chi connectivity index (χ1) is 10.2. The first-order valence-corrected chi connectivity index (χ1v) is 7.21. The SMILES string of the molecule is NCC(=O)NCc1cn(CCOc2cccc(Br)c2)nn1. The van der Waals surface area contributed by atoms with E-state index in [1.807, 2.05) is 24.3 Å². The molecule has 8 heteroatoms. The molecular formula is C13H16BrN5O2. The third-order valence-corrected chi connectivity index (χ3v) is 3.12. The lowest BCUT2D eigenvalue weighted by molar-refractivity contribution is -0.119. The van der Waals surface area contributed by atoms with Crippen molar-refractivity contribution in [2.45, 2.75) is 13.1 Å². The van der Waals surface area contributed by atoms with Crippen LogP contribution >= 0.6 is 15.9 Å². The van der Waals surface area contributed by atoms with E-state index in [0.29, 0.717) is 25.4 Å². The van der Waals surface area contributed by atoms with Crippen LogP contribution in [0.2, 0.25) is 0 Å². The first kappa shape index (κ1) is 15.5. The van der Waals surface area contributed by atoms with Gasteiger partial charge in [-0.05, 0) is 18.2 Å². The molecule has 0 saturated carbocycles. The second-order valence-electron chi connectivity index (χ2n) is 4.26. The largest absolute Gasteiger partial charge is 0.492 e.